The highest BCUT2D eigenvalue weighted by molar-refractivity contribution is 5.83. The normalized spacial score (nSPS) is 19.9. The Morgan fingerprint density at radius 3 is 2.60 bits per heavy atom. The third-order valence-electron chi connectivity index (χ3n) is 2.83. The number of hydrogen-bond acceptors (Lipinski definition) is 4. The molecule has 116 valence electrons. The Balaban J connectivity index is 2.49. The van der Waals surface area contributed by atoms with Gasteiger partial charge in [0, 0.05) is 26.2 Å². The number of amides is 2. The number of rotatable bonds is 3. The third-order valence-corrected chi connectivity index (χ3v) is 2.83. The van der Waals surface area contributed by atoms with E-state index < -0.39 is 5.60 Å². The fraction of sp³-hybridized carbons (Fsp3) is 0.857. The van der Waals surface area contributed by atoms with Gasteiger partial charge in [0.05, 0.1) is 0 Å². The second-order valence-corrected chi connectivity index (χ2v) is 6.57. The third kappa shape index (κ3) is 5.77. The topological polar surface area (TPSA) is 70.7 Å². The van der Waals surface area contributed by atoms with Crippen molar-refractivity contribution in [2.45, 2.75) is 46.3 Å². The Morgan fingerprint density at radius 2 is 2.05 bits per heavy atom. The van der Waals surface area contributed by atoms with E-state index in [1.54, 1.807) is 4.90 Å². The number of ether oxygens (including phenoxy) is 1. The van der Waals surface area contributed by atoms with Gasteiger partial charge in [-0.15, -0.1) is 0 Å². The lowest BCUT2D eigenvalue weighted by Crippen LogP contribution is -2.59. The summed E-state index contributed by atoms with van der Waals surface area (Å²) in [6.45, 7) is 11.7. The first-order valence-corrected chi connectivity index (χ1v) is 7.18. The number of piperazine rings is 1. The number of carbonyl (C=O) groups excluding carboxylic acids is 2. The smallest absolute Gasteiger partial charge is 0.410 e. The van der Waals surface area contributed by atoms with Gasteiger partial charge in [0.2, 0.25) is 5.91 Å². The molecular formula is C14H27N3O3. The highest BCUT2D eigenvalue weighted by atomic mass is 16.6. The van der Waals surface area contributed by atoms with Crippen LogP contribution in [0.2, 0.25) is 0 Å². The minimum atomic E-state index is -0.517. The molecule has 0 spiro atoms. The summed E-state index contributed by atoms with van der Waals surface area (Å²) in [6, 6.07) is -0.366. The second kappa shape index (κ2) is 6.92. The van der Waals surface area contributed by atoms with E-state index in [0.717, 1.165) is 0 Å². The Morgan fingerprint density at radius 1 is 1.40 bits per heavy atom. The first kappa shape index (κ1) is 16.8. The fourth-order valence-corrected chi connectivity index (χ4v) is 1.85. The molecule has 2 amide bonds. The molecular weight excluding hydrogens is 258 g/mol. The van der Waals surface area contributed by atoms with Gasteiger partial charge >= 0.3 is 6.09 Å². The molecule has 1 atom stereocenters. The van der Waals surface area contributed by atoms with Gasteiger partial charge in [0.1, 0.15) is 11.6 Å². The zero-order chi connectivity index (χ0) is 15.3. The summed E-state index contributed by atoms with van der Waals surface area (Å²) in [4.78, 5) is 25.6. The van der Waals surface area contributed by atoms with Crippen LogP contribution in [0.3, 0.4) is 0 Å². The lowest BCUT2D eigenvalue weighted by atomic mass is 10.1. The van der Waals surface area contributed by atoms with Crippen LogP contribution in [0.5, 0.6) is 0 Å². The fourth-order valence-electron chi connectivity index (χ4n) is 1.85. The Hall–Kier alpha value is -1.30. The van der Waals surface area contributed by atoms with E-state index in [0.29, 0.717) is 32.1 Å². The largest absolute Gasteiger partial charge is 0.444 e. The summed E-state index contributed by atoms with van der Waals surface area (Å²) in [6.07, 6.45) is -0.361. The molecule has 1 heterocycles. The van der Waals surface area contributed by atoms with Crippen molar-refractivity contribution in [1.29, 1.82) is 0 Å². The summed E-state index contributed by atoms with van der Waals surface area (Å²) in [5.41, 5.74) is -0.517. The maximum absolute atomic E-state index is 12.0. The van der Waals surface area contributed by atoms with Gasteiger partial charge in [0.25, 0.3) is 0 Å². The van der Waals surface area contributed by atoms with Crippen LogP contribution < -0.4 is 10.6 Å². The maximum atomic E-state index is 12.0. The minimum absolute atomic E-state index is 0.0630. The number of nitrogens with zero attached hydrogens (tertiary/aromatic N) is 1. The van der Waals surface area contributed by atoms with Crippen molar-refractivity contribution in [3.05, 3.63) is 0 Å². The van der Waals surface area contributed by atoms with E-state index in [-0.39, 0.29) is 18.0 Å². The van der Waals surface area contributed by atoms with Crippen LogP contribution in [-0.2, 0) is 9.53 Å². The van der Waals surface area contributed by atoms with Crippen molar-refractivity contribution in [3.8, 4) is 0 Å². The summed E-state index contributed by atoms with van der Waals surface area (Å²) in [5.74, 6) is 0.344. The quantitative estimate of drug-likeness (QED) is 0.810. The molecule has 0 aromatic heterocycles. The summed E-state index contributed by atoms with van der Waals surface area (Å²) >= 11 is 0. The van der Waals surface area contributed by atoms with Gasteiger partial charge in [-0.3, -0.25) is 4.79 Å². The molecule has 1 rings (SSSR count). The highest BCUT2D eigenvalue weighted by Crippen LogP contribution is 2.11. The van der Waals surface area contributed by atoms with Crippen molar-refractivity contribution in [2.24, 2.45) is 5.92 Å². The first-order chi connectivity index (χ1) is 9.19. The van der Waals surface area contributed by atoms with E-state index in [2.05, 4.69) is 10.6 Å². The van der Waals surface area contributed by atoms with Crippen molar-refractivity contribution in [1.82, 2.24) is 15.5 Å². The summed E-state index contributed by atoms with van der Waals surface area (Å²) in [7, 11) is 0. The molecule has 6 nitrogen and oxygen atoms in total. The molecule has 20 heavy (non-hydrogen) atoms. The summed E-state index contributed by atoms with van der Waals surface area (Å²) < 4.78 is 5.33. The van der Waals surface area contributed by atoms with Crippen LogP contribution in [0.4, 0.5) is 4.79 Å². The Kier molecular flexibility index (Phi) is 5.80. The molecule has 0 radical (unpaired) electrons. The van der Waals surface area contributed by atoms with Crippen LogP contribution >= 0.6 is 0 Å². The van der Waals surface area contributed by atoms with Crippen LogP contribution in [0, 0.1) is 5.92 Å². The molecule has 2 N–H and O–H groups in total. The van der Waals surface area contributed by atoms with E-state index in [9.17, 15) is 9.59 Å². The molecule has 1 aliphatic rings. The van der Waals surface area contributed by atoms with Gasteiger partial charge in [-0.2, -0.15) is 0 Å². The molecule has 0 bridgehead atoms. The van der Waals surface area contributed by atoms with Gasteiger partial charge in [-0.1, -0.05) is 13.8 Å². The van der Waals surface area contributed by atoms with Crippen LogP contribution in [0.25, 0.3) is 0 Å². The van der Waals surface area contributed by atoms with Crippen LogP contribution in [0.1, 0.15) is 34.6 Å². The molecule has 1 fully saturated rings. The van der Waals surface area contributed by atoms with Crippen molar-refractivity contribution in [2.75, 3.05) is 26.2 Å². The molecule has 0 aromatic carbocycles. The number of hydrogen-bond donors (Lipinski definition) is 2. The average molecular weight is 285 g/mol. The number of nitrogens with one attached hydrogen (secondary N) is 2. The minimum Gasteiger partial charge on any atom is -0.444 e. The van der Waals surface area contributed by atoms with E-state index in [1.165, 1.54) is 0 Å². The second-order valence-electron chi connectivity index (χ2n) is 6.57. The van der Waals surface area contributed by atoms with E-state index >= 15 is 0 Å². The zero-order valence-corrected chi connectivity index (χ0v) is 13.2. The molecule has 1 saturated heterocycles. The standard InChI is InChI=1S/C14H27N3O3/c1-10(2)8-16-12(18)11-9-17(7-6-15-11)13(19)20-14(3,4)5/h10-11,15H,6-9H2,1-5H3,(H,16,18)/t11-/m0/s1. The van der Waals surface area contributed by atoms with Gasteiger partial charge < -0.3 is 20.3 Å². The lowest BCUT2D eigenvalue weighted by Gasteiger charge is -2.34. The van der Waals surface area contributed by atoms with E-state index in [1.807, 2.05) is 34.6 Å². The zero-order valence-electron chi connectivity index (χ0n) is 13.2. The average Bonchev–Trinajstić information content (AvgIpc) is 2.34. The molecule has 1 aliphatic heterocycles. The Labute approximate surface area is 121 Å². The van der Waals surface area contributed by atoms with Crippen molar-refractivity contribution < 1.29 is 14.3 Å². The van der Waals surface area contributed by atoms with E-state index in [4.69, 9.17) is 4.74 Å². The number of carbonyl (C=O) groups is 2. The monoisotopic (exact) mass is 285 g/mol. The van der Waals surface area contributed by atoms with Crippen molar-refractivity contribution >= 4 is 12.0 Å². The maximum Gasteiger partial charge on any atom is 0.410 e. The molecule has 6 heteroatoms. The van der Waals surface area contributed by atoms with Gasteiger partial charge in [-0.05, 0) is 26.7 Å². The summed E-state index contributed by atoms with van der Waals surface area (Å²) in [5, 5.41) is 6.01. The predicted molar refractivity (Wildman–Crippen MR) is 77.4 cm³/mol. The Bertz CT molecular complexity index is 350. The predicted octanol–water partition coefficient (Wildman–Crippen LogP) is 0.968. The SMILES string of the molecule is CC(C)CNC(=O)[C@@H]1CN(C(=O)OC(C)(C)C)CCN1. The lowest BCUT2D eigenvalue weighted by molar-refractivity contribution is -0.124. The van der Waals surface area contributed by atoms with Crippen molar-refractivity contribution in [3.63, 3.8) is 0 Å². The van der Waals surface area contributed by atoms with Gasteiger partial charge in [0.15, 0.2) is 0 Å². The molecule has 0 aromatic rings. The van der Waals surface area contributed by atoms with Gasteiger partial charge in [-0.25, -0.2) is 4.79 Å². The molecule has 0 saturated carbocycles. The van der Waals surface area contributed by atoms with Crippen LogP contribution in [0.15, 0.2) is 0 Å². The molecule has 0 aliphatic carbocycles. The van der Waals surface area contributed by atoms with Crippen LogP contribution in [-0.4, -0.2) is 54.7 Å². The molecule has 0 unspecified atom stereocenters. The first-order valence-electron chi connectivity index (χ1n) is 7.18. The highest BCUT2D eigenvalue weighted by Gasteiger charge is 2.30.